The molecular weight excluding hydrogens is 378 g/mol. The average molecular weight is 408 g/mol. The van der Waals surface area contributed by atoms with E-state index in [1.807, 2.05) is 4.52 Å². The lowest BCUT2D eigenvalue weighted by atomic mass is 9.96. The standard InChI is InChI=1S/C20H30BrN3O/c1-3-5-12-23(13-9-16-10-14-25-15-11-16)20-17(4-2)22-24-18(20)7-6-8-19(24)21/h6-8,16H,3-5,9-15H2,1-2H3. The summed E-state index contributed by atoms with van der Waals surface area (Å²) in [5.41, 5.74) is 3.76. The number of ether oxygens (including phenoxy) is 1. The maximum atomic E-state index is 5.52. The molecule has 25 heavy (non-hydrogen) atoms. The number of unbranched alkanes of at least 4 members (excludes halogenated alkanes) is 1. The molecule has 3 rings (SSSR count). The molecule has 1 aliphatic rings. The zero-order valence-corrected chi connectivity index (χ0v) is 17.1. The molecule has 1 saturated heterocycles. The Bertz CT molecular complexity index is 679. The smallest absolute Gasteiger partial charge is 0.108 e. The van der Waals surface area contributed by atoms with Crippen molar-refractivity contribution >= 4 is 27.1 Å². The van der Waals surface area contributed by atoms with Crippen LogP contribution in [0.3, 0.4) is 0 Å². The van der Waals surface area contributed by atoms with Crippen LogP contribution in [0.15, 0.2) is 22.8 Å². The Morgan fingerprint density at radius 3 is 2.76 bits per heavy atom. The van der Waals surface area contributed by atoms with Crippen molar-refractivity contribution < 1.29 is 4.74 Å². The van der Waals surface area contributed by atoms with Crippen LogP contribution in [0.1, 0.15) is 51.6 Å². The summed E-state index contributed by atoms with van der Waals surface area (Å²) < 4.78 is 8.58. The predicted octanol–water partition coefficient (Wildman–Crippen LogP) is 5.08. The van der Waals surface area contributed by atoms with Gasteiger partial charge in [0.25, 0.3) is 0 Å². The molecule has 0 N–H and O–H groups in total. The zero-order chi connectivity index (χ0) is 17.6. The number of hydrogen-bond donors (Lipinski definition) is 0. The van der Waals surface area contributed by atoms with E-state index in [0.717, 1.165) is 43.2 Å². The lowest BCUT2D eigenvalue weighted by molar-refractivity contribution is 0.0645. The fraction of sp³-hybridized carbons (Fsp3) is 0.650. The van der Waals surface area contributed by atoms with Crippen LogP contribution < -0.4 is 4.90 Å². The average Bonchev–Trinajstić information content (AvgIpc) is 3.03. The van der Waals surface area contributed by atoms with Crippen molar-refractivity contribution in [3.05, 3.63) is 28.5 Å². The maximum Gasteiger partial charge on any atom is 0.108 e. The maximum absolute atomic E-state index is 5.52. The molecule has 0 saturated carbocycles. The molecule has 2 aromatic rings. The van der Waals surface area contributed by atoms with Crippen molar-refractivity contribution in [3.63, 3.8) is 0 Å². The molecule has 2 aromatic heterocycles. The van der Waals surface area contributed by atoms with Gasteiger partial charge < -0.3 is 9.64 Å². The number of halogens is 1. The normalized spacial score (nSPS) is 15.8. The highest BCUT2D eigenvalue weighted by Gasteiger charge is 2.21. The highest BCUT2D eigenvalue weighted by Crippen LogP contribution is 2.31. The number of pyridine rings is 1. The molecule has 0 spiro atoms. The van der Waals surface area contributed by atoms with Gasteiger partial charge in [-0.15, -0.1) is 0 Å². The molecule has 0 aliphatic carbocycles. The molecule has 0 unspecified atom stereocenters. The Hall–Kier alpha value is -1.07. The van der Waals surface area contributed by atoms with Crippen LogP contribution in [-0.4, -0.2) is 35.9 Å². The summed E-state index contributed by atoms with van der Waals surface area (Å²) >= 11 is 3.64. The molecule has 0 amide bonds. The predicted molar refractivity (Wildman–Crippen MR) is 108 cm³/mol. The third-order valence-corrected chi connectivity index (χ3v) is 5.84. The van der Waals surface area contributed by atoms with Gasteiger partial charge in [0.15, 0.2) is 0 Å². The van der Waals surface area contributed by atoms with Crippen LogP contribution >= 0.6 is 15.9 Å². The SMILES string of the molecule is CCCCN(CCC1CCOCC1)c1c(CC)nn2c(Br)cccc12. The van der Waals surface area contributed by atoms with Crippen molar-refractivity contribution in [1.29, 1.82) is 0 Å². The first-order chi connectivity index (χ1) is 12.2. The van der Waals surface area contributed by atoms with Crippen molar-refractivity contribution in [1.82, 2.24) is 9.61 Å². The van der Waals surface area contributed by atoms with Gasteiger partial charge in [-0.25, -0.2) is 4.52 Å². The van der Waals surface area contributed by atoms with Gasteiger partial charge in [-0.3, -0.25) is 0 Å². The van der Waals surface area contributed by atoms with Crippen LogP contribution in [0.5, 0.6) is 0 Å². The van der Waals surface area contributed by atoms with Crippen LogP contribution in [0.25, 0.3) is 5.52 Å². The third kappa shape index (κ3) is 4.37. The number of anilines is 1. The largest absolute Gasteiger partial charge is 0.381 e. The monoisotopic (exact) mass is 407 g/mol. The Kier molecular flexibility index (Phi) is 6.77. The van der Waals surface area contributed by atoms with E-state index in [9.17, 15) is 0 Å². The summed E-state index contributed by atoms with van der Waals surface area (Å²) in [6.07, 6.45) is 7.08. The molecular formula is C20H30BrN3O. The molecule has 0 aromatic carbocycles. The van der Waals surface area contributed by atoms with E-state index in [4.69, 9.17) is 9.84 Å². The van der Waals surface area contributed by atoms with Crippen LogP contribution in [0.4, 0.5) is 5.69 Å². The van der Waals surface area contributed by atoms with Gasteiger partial charge in [-0.1, -0.05) is 26.3 Å². The van der Waals surface area contributed by atoms with Crippen molar-refractivity contribution in [3.8, 4) is 0 Å². The molecule has 0 bridgehead atoms. The van der Waals surface area contributed by atoms with Crippen molar-refractivity contribution in [2.24, 2.45) is 5.92 Å². The Balaban J connectivity index is 1.86. The fourth-order valence-electron chi connectivity index (χ4n) is 3.71. The van der Waals surface area contributed by atoms with E-state index in [-0.39, 0.29) is 0 Å². The molecule has 1 fully saturated rings. The number of aryl methyl sites for hydroxylation is 1. The number of hydrogen-bond acceptors (Lipinski definition) is 3. The third-order valence-electron chi connectivity index (χ3n) is 5.24. The Labute approximate surface area is 159 Å². The van der Waals surface area contributed by atoms with Crippen LogP contribution in [-0.2, 0) is 11.2 Å². The van der Waals surface area contributed by atoms with E-state index in [2.05, 4.69) is 52.9 Å². The zero-order valence-electron chi connectivity index (χ0n) is 15.5. The summed E-state index contributed by atoms with van der Waals surface area (Å²) in [4.78, 5) is 2.59. The van der Waals surface area contributed by atoms with Crippen molar-refractivity contribution in [2.75, 3.05) is 31.2 Å². The fourth-order valence-corrected chi connectivity index (χ4v) is 4.14. The Morgan fingerprint density at radius 1 is 1.24 bits per heavy atom. The van der Waals surface area contributed by atoms with E-state index in [1.54, 1.807) is 0 Å². The van der Waals surface area contributed by atoms with Crippen molar-refractivity contribution in [2.45, 2.75) is 52.4 Å². The molecule has 138 valence electrons. The molecule has 0 atom stereocenters. The lowest BCUT2D eigenvalue weighted by Crippen LogP contribution is -2.29. The minimum atomic E-state index is 0.802. The summed E-state index contributed by atoms with van der Waals surface area (Å²) in [6, 6.07) is 6.36. The molecule has 3 heterocycles. The number of fused-ring (bicyclic) bond motifs is 1. The summed E-state index contributed by atoms with van der Waals surface area (Å²) in [7, 11) is 0. The quantitative estimate of drug-likeness (QED) is 0.571. The lowest BCUT2D eigenvalue weighted by Gasteiger charge is -2.29. The van der Waals surface area contributed by atoms with E-state index in [1.165, 1.54) is 49.0 Å². The first-order valence-electron chi connectivity index (χ1n) is 9.73. The summed E-state index contributed by atoms with van der Waals surface area (Å²) in [6.45, 7) is 8.57. The second-order valence-electron chi connectivity index (χ2n) is 6.98. The molecule has 4 nitrogen and oxygen atoms in total. The minimum Gasteiger partial charge on any atom is -0.381 e. The van der Waals surface area contributed by atoms with Gasteiger partial charge in [0.05, 0.1) is 16.9 Å². The van der Waals surface area contributed by atoms with Gasteiger partial charge in [0.1, 0.15) is 4.60 Å². The topological polar surface area (TPSA) is 29.8 Å². The van der Waals surface area contributed by atoms with E-state index < -0.39 is 0 Å². The van der Waals surface area contributed by atoms with Crippen LogP contribution in [0.2, 0.25) is 0 Å². The van der Waals surface area contributed by atoms with Crippen LogP contribution in [0, 0.1) is 5.92 Å². The summed E-state index contributed by atoms with van der Waals surface area (Å²) in [5, 5.41) is 4.86. The highest BCUT2D eigenvalue weighted by molar-refractivity contribution is 9.10. The number of rotatable bonds is 8. The van der Waals surface area contributed by atoms with Gasteiger partial charge in [-0.2, -0.15) is 5.10 Å². The first-order valence-corrected chi connectivity index (χ1v) is 10.5. The second kappa shape index (κ2) is 9.04. The van der Waals surface area contributed by atoms with Gasteiger partial charge in [0.2, 0.25) is 0 Å². The molecule has 5 heteroatoms. The van der Waals surface area contributed by atoms with Gasteiger partial charge in [-0.05, 0) is 66.1 Å². The molecule has 1 aliphatic heterocycles. The van der Waals surface area contributed by atoms with Gasteiger partial charge in [0, 0.05) is 26.3 Å². The number of aromatic nitrogens is 2. The highest BCUT2D eigenvalue weighted by atomic mass is 79.9. The van der Waals surface area contributed by atoms with E-state index >= 15 is 0 Å². The summed E-state index contributed by atoms with van der Waals surface area (Å²) in [5.74, 6) is 0.802. The first kappa shape index (κ1) is 18.7. The second-order valence-corrected chi connectivity index (χ2v) is 7.79. The number of nitrogens with zero attached hydrogens (tertiary/aromatic N) is 3. The van der Waals surface area contributed by atoms with E-state index in [0.29, 0.717) is 0 Å². The van der Waals surface area contributed by atoms with Gasteiger partial charge >= 0.3 is 0 Å². The molecule has 0 radical (unpaired) electrons. The Morgan fingerprint density at radius 2 is 2.04 bits per heavy atom. The minimum absolute atomic E-state index is 0.802.